The summed E-state index contributed by atoms with van der Waals surface area (Å²) < 4.78 is 6.75. The van der Waals surface area contributed by atoms with E-state index in [4.69, 9.17) is 27.9 Å². The quantitative estimate of drug-likeness (QED) is 0.842. The van der Waals surface area contributed by atoms with E-state index in [-0.39, 0.29) is 0 Å². The lowest BCUT2D eigenvalue weighted by Gasteiger charge is -2.10. The molecule has 0 saturated heterocycles. The van der Waals surface area contributed by atoms with Crippen LogP contribution in [0.1, 0.15) is 11.3 Å². The summed E-state index contributed by atoms with van der Waals surface area (Å²) in [6.07, 6.45) is 1.58. The van der Waals surface area contributed by atoms with Crippen LogP contribution in [0.4, 0.5) is 0 Å². The molecule has 2 aromatic heterocycles. The lowest BCUT2D eigenvalue weighted by molar-refractivity contribution is 0.397. The Morgan fingerprint density at radius 2 is 1.94 bits per heavy atom. The number of hydrogen-bond donors (Lipinski definition) is 0. The largest absolute Gasteiger partial charge is 0.480 e. The first kappa shape index (κ1) is 12.2. The predicted molar refractivity (Wildman–Crippen MR) is 67.4 cm³/mol. The summed E-state index contributed by atoms with van der Waals surface area (Å²) >= 11 is 12.0. The standard InChI is InChI=1S/C11H11Cl2N3O/c1-6-4-8(12)11(17-3)15-10(6)16-7(2)9(13)5-14-16/h4-5H,1-3H3. The van der Waals surface area contributed by atoms with Crippen molar-refractivity contribution in [1.29, 1.82) is 0 Å². The molecule has 0 spiro atoms. The zero-order chi connectivity index (χ0) is 12.6. The van der Waals surface area contributed by atoms with Crippen molar-refractivity contribution in [3.63, 3.8) is 0 Å². The minimum absolute atomic E-state index is 0.373. The van der Waals surface area contributed by atoms with E-state index in [0.29, 0.717) is 21.7 Å². The van der Waals surface area contributed by atoms with Gasteiger partial charge in [-0.2, -0.15) is 10.1 Å². The average molecular weight is 272 g/mol. The molecule has 0 unspecified atom stereocenters. The molecule has 0 fully saturated rings. The number of hydrogen-bond acceptors (Lipinski definition) is 3. The van der Waals surface area contributed by atoms with Gasteiger partial charge in [0.25, 0.3) is 0 Å². The molecular formula is C11H11Cl2N3O. The third-order valence-electron chi connectivity index (χ3n) is 2.45. The average Bonchev–Trinajstić information content (AvgIpc) is 2.61. The fraction of sp³-hybridized carbons (Fsp3) is 0.273. The first-order chi connectivity index (χ1) is 8.04. The minimum Gasteiger partial charge on any atom is -0.480 e. The van der Waals surface area contributed by atoms with Crippen LogP contribution in [-0.4, -0.2) is 21.9 Å². The Morgan fingerprint density at radius 1 is 1.24 bits per heavy atom. The third-order valence-corrected chi connectivity index (χ3v) is 3.09. The monoisotopic (exact) mass is 271 g/mol. The van der Waals surface area contributed by atoms with Crippen molar-refractivity contribution in [1.82, 2.24) is 14.8 Å². The lowest BCUT2D eigenvalue weighted by atomic mass is 10.3. The predicted octanol–water partition coefficient (Wildman–Crippen LogP) is 3.20. The van der Waals surface area contributed by atoms with Gasteiger partial charge in [0.1, 0.15) is 5.02 Å². The van der Waals surface area contributed by atoms with E-state index in [0.717, 1.165) is 11.3 Å². The Labute approximate surface area is 109 Å². The number of nitrogens with zero attached hydrogens (tertiary/aromatic N) is 3. The molecule has 17 heavy (non-hydrogen) atoms. The molecule has 0 atom stereocenters. The number of halogens is 2. The summed E-state index contributed by atoms with van der Waals surface area (Å²) in [5.74, 6) is 1.04. The first-order valence-electron chi connectivity index (χ1n) is 4.96. The second-order valence-electron chi connectivity index (χ2n) is 3.61. The van der Waals surface area contributed by atoms with Crippen LogP contribution >= 0.6 is 23.2 Å². The first-order valence-corrected chi connectivity index (χ1v) is 5.71. The summed E-state index contributed by atoms with van der Waals surface area (Å²) in [5.41, 5.74) is 1.73. The van der Waals surface area contributed by atoms with Gasteiger partial charge in [-0.1, -0.05) is 23.2 Å². The van der Waals surface area contributed by atoms with Crippen molar-refractivity contribution < 1.29 is 4.74 Å². The van der Waals surface area contributed by atoms with Crippen LogP contribution < -0.4 is 4.74 Å². The van der Waals surface area contributed by atoms with Gasteiger partial charge in [0.05, 0.1) is 24.0 Å². The highest BCUT2D eigenvalue weighted by atomic mass is 35.5. The van der Waals surface area contributed by atoms with Crippen LogP contribution in [0.15, 0.2) is 12.3 Å². The molecule has 0 aliphatic carbocycles. The highest BCUT2D eigenvalue weighted by Crippen LogP contribution is 2.27. The summed E-state index contributed by atoms with van der Waals surface area (Å²) in [6, 6.07) is 1.79. The Kier molecular flexibility index (Phi) is 3.26. The molecule has 4 nitrogen and oxygen atoms in total. The number of rotatable bonds is 2. The molecule has 0 aromatic carbocycles. The lowest BCUT2D eigenvalue weighted by Crippen LogP contribution is -2.05. The molecule has 0 saturated carbocycles. The van der Waals surface area contributed by atoms with E-state index in [1.807, 2.05) is 13.8 Å². The molecule has 2 heterocycles. The maximum absolute atomic E-state index is 5.99. The van der Waals surface area contributed by atoms with Crippen molar-refractivity contribution in [2.24, 2.45) is 0 Å². The zero-order valence-electron chi connectivity index (χ0n) is 9.66. The topological polar surface area (TPSA) is 39.9 Å². The molecule has 0 aliphatic rings. The van der Waals surface area contributed by atoms with E-state index in [1.165, 1.54) is 7.11 Å². The number of methoxy groups -OCH3 is 1. The SMILES string of the molecule is COc1nc(-n2ncc(Cl)c2C)c(C)cc1Cl. The fourth-order valence-corrected chi connectivity index (χ4v) is 1.92. The number of pyridine rings is 1. The van der Waals surface area contributed by atoms with Crippen LogP contribution in [0.5, 0.6) is 5.88 Å². The smallest absolute Gasteiger partial charge is 0.234 e. The molecule has 90 valence electrons. The van der Waals surface area contributed by atoms with Gasteiger partial charge in [-0.25, -0.2) is 4.68 Å². The Morgan fingerprint density at radius 3 is 2.47 bits per heavy atom. The van der Waals surface area contributed by atoms with Gasteiger partial charge in [0.15, 0.2) is 5.82 Å². The van der Waals surface area contributed by atoms with Gasteiger partial charge in [-0.05, 0) is 25.5 Å². The Balaban J connectivity index is 2.63. The Bertz CT molecular complexity index is 566. The number of ether oxygens (including phenoxy) is 1. The summed E-state index contributed by atoms with van der Waals surface area (Å²) in [4.78, 5) is 4.32. The summed E-state index contributed by atoms with van der Waals surface area (Å²) in [7, 11) is 1.52. The highest BCUT2D eigenvalue weighted by molar-refractivity contribution is 6.32. The van der Waals surface area contributed by atoms with Crippen molar-refractivity contribution in [2.45, 2.75) is 13.8 Å². The van der Waals surface area contributed by atoms with Crippen LogP contribution in [0.3, 0.4) is 0 Å². The molecule has 2 aromatic rings. The van der Waals surface area contributed by atoms with Gasteiger partial charge in [-0.3, -0.25) is 0 Å². The van der Waals surface area contributed by atoms with Crippen LogP contribution in [-0.2, 0) is 0 Å². The van der Waals surface area contributed by atoms with E-state index in [2.05, 4.69) is 10.1 Å². The molecular weight excluding hydrogens is 261 g/mol. The van der Waals surface area contributed by atoms with E-state index >= 15 is 0 Å². The number of aryl methyl sites for hydroxylation is 1. The van der Waals surface area contributed by atoms with Crippen molar-refractivity contribution in [3.8, 4) is 11.7 Å². The van der Waals surface area contributed by atoms with E-state index in [9.17, 15) is 0 Å². The zero-order valence-corrected chi connectivity index (χ0v) is 11.2. The number of aromatic nitrogens is 3. The Hall–Kier alpha value is -1.26. The van der Waals surface area contributed by atoms with E-state index < -0.39 is 0 Å². The van der Waals surface area contributed by atoms with Crippen LogP contribution in [0.25, 0.3) is 5.82 Å². The molecule has 6 heteroatoms. The summed E-state index contributed by atoms with van der Waals surface area (Å²) in [5, 5.41) is 5.25. The maximum Gasteiger partial charge on any atom is 0.234 e. The molecule has 2 rings (SSSR count). The maximum atomic E-state index is 5.99. The van der Waals surface area contributed by atoms with Crippen LogP contribution in [0.2, 0.25) is 10.0 Å². The van der Waals surface area contributed by atoms with E-state index in [1.54, 1.807) is 16.9 Å². The van der Waals surface area contributed by atoms with Gasteiger partial charge in [0, 0.05) is 0 Å². The van der Waals surface area contributed by atoms with Crippen molar-refractivity contribution >= 4 is 23.2 Å². The van der Waals surface area contributed by atoms with Crippen molar-refractivity contribution in [2.75, 3.05) is 7.11 Å². The van der Waals surface area contributed by atoms with Gasteiger partial charge in [-0.15, -0.1) is 0 Å². The minimum atomic E-state index is 0.373. The fourth-order valence-electron chi connectivity index (χ4n) is 1.51. The molecule has 0 amide bonds. The van der Waals surface area contributed by atoms with Crippen LogP contribution in [0, 0.1) is 13.8 Å². The van der Waals surface area contributed by atoms with Gasteiger partial charge >= 0.3 is 0 Å². The van der Waals surface area contributed by atoms with Crippen molar-refractivity contribution in [3.05, 3.63) is 33.6 Å². The second-order valence-corrected chi connectivity index (χ2v) is 4.42. The molecule has 0 radical (unpaired) electrons. The second kappa shape index (κ2) is 4.55. The third kappa shape index (κ3) is 2.10. The van der Waals surface area contributed by atoms with Gasteiger partial charge in [0.2, 0.25) is 5.88 Å². The van der Waals surface area contributed by atoms with Gasteiger partial charge < -0.3 is 4.74 Å². The molecule has 0 N–H and O–H groups in total. The molecule has 0 aliphatic heterocycles. The molecule has 0 bridgehead atoms. The normalized spacial score (nSPS) is 10.6. The summed E-state index contributed by atoms with van der Waals surface area (Å²) in [6.45, 7) is 3.78. The highest BCUT2D eigenvalue weighted by Gasteiger charge is 2.13.